The summed E-state index contributed by atoms with van der Waals surface area (Å²) < 4.78 is 1.86. The molecule has 0 atom stereocenters. The Morgan fingerprint density at radius 3 is 2.92 bits per heavy atom. The smallest absolute Gasteiger partial charge is 0.253 e. The minimum Gasteiger partial charge on any atom is -0.354 e. The van der Waals surface area contributed by atoms with Gasteiger partial charge in [-0.15, -0.1) is 0 Å². The molecule has 1 rings (SSSR count). The van der Waals surface area contributed by atoms with Crippen molar-refractivity contribution in [3.63, 3.8) is 0 Å². The fourth-order valence-electron chi connectivity index (χ4n) is 1.06. The van der Waals surface area contributed by atoms with Gasteiger partial charge in [0, 0.05) is 18.9 Å². The van der Waals surface area contributed by atoms with Crippen molar-refractivity contribution in [3.8, 4) is 6.07 Å². The van der Waals surface area contributed by atoms with Crippen LogP contribution in [0.1, 0.15) is 16.1 Å². The highest BCUT2D eigenvalue weighted by molar-refractivity contribution is 5.95. The average molecular weight is 177 g/mol. The van der Waals surface area contributed by atoms with E-state index in [1.807, 2.05) is 30.8 Å². The first kappa shape index (κ1) is 9.33. The number of hydrogen-bond acceptors (Lipinski definition) is 2. The predicted molar refractivity (Wildman–Crippen MR) is 48.1 cm³/mol. The quantitative estimate of drug-likeness (QED) is 0.672. The molecule has 0 saturated heterocycles. The highest BCUT2D eigenvalue weighted by Gasteiger charge is 2.09. The molecule has 0 saturated carbocycles. The zero-order valence-electron chi connectivity index (χ0n) is 7.66. The summed E-state index contributed by atoms with van der Waals surface area (Å²) in [4.78, 5) is 11.4. The van der Waals surface area contributed by atoms with Crippen molar-refractivity contribution in [1.82, 2.24) is 9.88 Å². The molecule has 1 aromatic rings. The Morgan fingerprint density at radius 2 is 2.46 bits per heavy atom. The number of aromatic nitrogens is 1. The van der Waals surface area contributed by atoms with E-state index in [4.69, 9.17) is 5.26 Å². The van der Waals surface area contributed by atoms with E-state index in [0.717, 1.165) is 5.69 Å². The Balaban J connectivity index is 2.78. The molecule has 0 spiro atoms. The summed E-state index contributed by atoms with van der Waals surface area (Å²) >= 11 is 0. The number of nitriles is 1. The molecule has 0 aliphatic carbocycles. The highest BCUT2D eigenvalue weighted by Crippen LogP contribution is 2.07. The second-order valence-electron chi connectivity index (χ2n) is 2.77. The Morgan fingerprint density at radius 1 is 1.77 bits per heavy atom. The summed E-state index contributed by atoms with van der Waals surface area (Å²) in [6.07, 6.45) is 1.82. The molecule has 0 aromatic carbocycles. The molecule has 4 nitrogen and oxygen atoms in total. The van der Waals surface area contributed by atoms with E-state index in [9.17, 15) is 4.79 Å². The average Bonchev–Trinajstić information content (AvgIpc) is 2.44. The van der Waals surface area contributed by atoms with Crippen LogP contribution in [0.15, 0.2) is 12.3 Å². The van der Waals surface area contributed by atoms with E-state index in [-0.39, 0.29) is 12.5 Å². The van der Waals surface area contributed by atoms with Gasteiger partial charge in [-0.25, -0.2) is 0 Å². The summed E-state index contributed by atoms with van der Waals surface area (Å²) in [5.41, 5.74) is 1.52. The van der Waals surface area contributed by atoms with Crippen molar-refractivity contribution >= 4 is 5.91 Å². The third kappa shape index (κ3) is 1.88. The molecule has 0 unspecified atom stereocenters. The summed E-state index contributed by atoms with van der Waals surface area (Å²) in [5.74, 6) is -0.195. The second-order valence-corrected chi connectivity index (χ2v) is 2.77. The zero-order valence-corrected chi connectivity index (χ0v) is 7.66. The van der Waals surface area contributed by atoms with Gasteiger partial charge in [0.2, 0.25) is 0 Å². The van der Waals surface area contributed by atoms with Gasteiger partial charge in [0.05, 0.1) is 11.6 Å². The third-order valence-corrected chi connectivity index (χ3v) is 1.96. The molecule has 1 heterocycles. The Hall–Kier alpha value is -1.76. The zero-order chi connectivity index (χ0) is 9.84. The molecule has 0 radical (unpaired) electrons. The highest BCUT2D eigenvalue weighted by atomic mass is 16.1. The van der Waals surface area contributed by atoms with E-state index < -0.39 is 0 Å². The van der Waals surface area contributed by atoms with Crippen LogP contribution >= 0.6 is 0 Å². The first-order chi connectivity index (χ1) is 6.16. The Bertz CT molecular complexity index is 359. The van der Waals surface area contributed by atoms with Crippen molar-refractivity contribution in [1.29, 1.82) is 5.26 Å². The topological polar surface area (TPSA) is 57.8 Å². The molecule has 0 aliphatic rings. The van der Waals surface area contributed by atoms with Crippen LogP contribution in [0.5, 0.6) is 0 Å². The van der Waals surface area contributed by atoms with Gasteiger partial charge in [-0.1, -0.05) is 0 Å². The SMILES string of the molecule is Cc1c(C(=O)NCC#N)ccn1C. The number of rotatable bonds is 2. The monoisotopic (exact) mass is 177 g/mol. The lowest BCUT2D eigenvalue weighted by Gasteiger charge is -2.00. The van der Waals surface area contributed by atoms with E-state index in [2.05, 4.69) is 5.32 Å². The van der Waals surface area contributed by atoms with Crippen LogP contribution in [0.2, 0.25) is 0 Å². The van der Waals surface area contributed by atoms with Crippen LogP contribution in [0.3, 0.4) is 0 Å². The molecule has 13 heavy (non-hydrogen) atoms. The lowest BCUT2D eigenvalue weighted by atomic mass is 10.2. The van der Waals surface area contributed by atoms with Crippen LogP contribution in [-0.4, -0.2) is 17.0 Å². The molecule has 0 bridgehead atoms. The lowest BCUT2D eigenvalue weighted by molar-refractivity contribution is 0.0958. The maximum absolute atomic E-state index is 11.4. The molecule has 68 valence electrons. The van der Waals surface area contributed by atoms with Crippen molar-refractivity contribution in [2.24, 2.45) is 7.05 Å². The normalized spacial score (nSPS) is 9.31. The molecule has 4 heteroatoms. The molecular weight excluding hydrogens is 166 g/mol. The predicted octanol–water partition coefficient (Wildman–Crippen LogP) is 0.587. The third-order valence-electron chi connectivity index (χ3n) is 1.96. The summed E-state index contributed by atoms with van der Waals surface area (Å²) in [6, 6.07) is 3.59. The van der Waals surface area contributed by atoms with Gasteiger partial charge >= 0.3 is 0 Å². The maximum Gasteiger partial charge on any atom is 0.253 e. The first-order valence-electron chi connectivity index (χ1n) is 3.94. The summed E-state index contributed by atoms with van der Waals surface area (Å²) in [6.45, 7) is 1.91. The standard InChI is InChI=1S/C9H11N3O/c1-7-8(3-6-12(7)2)9(13)11-5-4-10/h3,6H,5H2,1-2H3,(H,11,13). The van der Waals surface area contributed by atoms with Gasteiger partial charge < -0.3 is 9.88 Å². The molecule has 0 aliphatic heterocycles. The van der Waals surface area contributed by atoms with Gasteiger partial charge in [-0.05, 0) is 13.0 Å². The Kier molecular flexibility index (Phi) is 2.70. The number of carbonyl (C=O) groups excluding carboxylic acids is 1. The second kappa shape index (κ2) is 3.76. The van der Waals surface area contributed by atoms with Crippen molar-refractivity contribution in [2.45, 2.75) is 6.92 Å². The number of nitrogens with one attached hydrogen (secondary N) is 1. The molecule has 0 fully saturated rings. The van der Waals surface area contributed by atoms with Crippen LogP contribution < -0.4 is 5.32 Å². The lowest BCUT2D eigenvalue weighted by Crippen LogP contribution is -2.23. The van der Waals surface area contributed by atoms with E-state index >= 15 is 0 Å². The molecule has 1 N–H and O–H groups in total. The summed E-state index contributed by atoms with van der Waals surface area (Å²) in [5, 5.41) is 10.8. The van der Waals surface area contributed by atoms with Gasteiger partial charge in [0.25, 0.3) is 5.91 Å². The van der Waals surface area contributed by atoms with Crippen molar-refractivity contribution < 1.29 is 4.79 Å². The number of nitrogens with zero attached hydrogens (tertiary/aromatic N) is 2. The minimum atomic E-state index is -0.195. The van der Waals surface area contributed by atoms with Gasteiger partial charge in [-0.2, -0.15) is 5.26 Å². The number of hydrogen-bond donors (Lipinski definition) is 1. The van der Waals surface area contributed by atoms with Crippen LogP contribution in [0.4, 0.5) is 0 Å². The maximum atomic E-state index is 11.4. The van der Waals surface area contributed by atoms with E-state index in [1.165, 1.54) is 0 Å². The van der Waals surface area contributed by atoms with E-state index in [1.54, 1.807) is 6.07 Å². The van der Waals surface area contributed by atoms with Crippen molar-refractivity contribution in [2.75, 3.05) is 6.54 Å². The summed E-state index contributed by atoms with van der Waals surface area (Å²) in [7, 11) is 1.87. The molecular formula is C9H11N3O. The number of amides is 1. The minimum absolute atomic E-state index is 0.0488. The fourth-order valence-corrected chi connectivity index (χ4v) is 1.06. The van der Waals surface area contributed by atoms with E-state index in [0.29, 0.717) is 5.56 Å². The molecule has 1 aromatic heterocycles. The fraction of sp³-hybridized carbons (Fsp3) is 0.333. The van der Waals surface area contributed by atoms with Crippen LogP contribution in [-0.2, 0) is 7.05 Å². The number of aryl methyl sites for hydroxylation is 1. The van der Waals surface area contributed by atoms with Crippen LogP contribution in [0, 0.1) is 18.3 Å². The largest absolute Gasteiger partial charge is 0.354 e. The van der Waals surface area contributed by atoms with Gasteiger partial charge in [0.15, 0.2) is 0 Å². The first-order valence-corrected chi connectivity index (χ1v) is 3.94. The van der Waals surface area contributed by atoms with Gasteiger partial charge in [0.1, 0.15) is 6.54 Å². The Labute approximate surface area is 76.8 Å². The van der Waals surface area contributed by atoms with Crippen LogP contribution in [0.25, 0.3) is 0 Å². The molecule has 1 amide bonds. The van der Waals surface area contributed by atoms with Gasteiger partial charge in [-0.3, -0.25) is 4.79 Å². The van der Waals surface area contributed by atoms with Crippen molar-refractivity contribution in [3.05, 3.63) is 23.5 Å². The number of carbonyl (C=O) groups is 1.